The highest BCUT2D eigenvalue weighted by molar-refractivity contribution is 6.61. The number of rotatable bonds is 1. The van der Waals surface area contributed by atoms with Crippen LogP contribution in [0.1, 0.15) is 9.60 Å². The van der Waals surface area contributed by atoms with Gasteiger partial charge in [-0.25, -0.2) is 0 Å². The minimum Gasteiger partial charge on any atom is -0.456 e. The monoisotopic (exact) mass is 219 g/mol. The summed E-state index contributed by atoms with van der Waals surface area (Å²) in [5.74, 6) is 0. The lowest BCUT2D eigenvalue weighted by Gasteiger charge is -1.98. The summed E-state index contributed by atoms with van der Waals surface area (Å²) < 4.78 is 60.0. The molecule has 0 bridgehead atoms. The second-order valence-corrected chi connectivity index (χ2v) is 3.17. The Hall–Kier alpha value is -1.78. The van der Waals surface area contributed by atoms with Gasteiger partial charge in [0.1, 0.15) is 11.2 Å². The summed E-state index contributed by atoms with van der Waals surface area (Å²) in [6.07, 6.45) is 0. The van der Waals surface area contributed by atoms with E-state index in [1.54, 1.807) is 0 Å². The van der Waals surface area contributed by atoms with Crippen LogP contribution in [0.3, 0.4) is 0 Å². The van der Waals surface area contributed by atoms with Crippen molar-refractivity contribution in [2.24, 2.45) is 0 Å². The van der Waals surface area contributed by atoms with E-state index in [1.165, 1.54) is 0 Å². The van der Waals surface area contributed by atoms with Crippen LogP contribution in [0.4, 0.5) is 0 Å². The quantitative estimate of drug-likeness (QED) is 0.606. The molecule has 1 heterocycles. The van der Waals surface area contributed by atoms with Crippen LogP contribution < -0.4 is 5.46 Å². The van der Waals surface area contributed by atoms with Gasteiger partial charge >= 0.3 is 7.12 Å². The van der Waals surface area contributed by atoms with E-state index in [2.05, 4.69) is 0 Å². The van der Waals surface area contributed by atoms with Gasteiger partial charge in [0.05, 0.1) is 9.60 Å². The highest BCUT2D eigenvalue weighted by atomic mass is 16.4. The summed E-state index contributed by atoms with van der Waals surface area (Å²) in [7, 11) is -2.15. The number of fused-ring (bicyclic) bond motifs is 3. The van der Waals surface area contributed by atoms with Gasteiger partial charge in [0, 0.05) is 16.2 Å². The first-order valence-corrected chi connectivity index (χ1v) is 4.46. The van der Waals surface area contributed by atoms with Crippen LogP contribution in [-0.2, 0) is 0 Å². The van der Waals surface area contributed by atoms with E-state index in [0.717, 1.165) is 0 Å². The second kappa shape index (κ2) is 3.37. The Morgan fingerprint density at radius 1 is 1.00 bits per heavy atom. The molecule has 3 rings (SSSR count). The summed E-state index contributed by atoms with van der Waals surface area (Å²) in [5.41, 5.74) is -1.01. The van der Waals surface area contributed by atoms with Crippen molar-refractivity contribution in [2.45, 2.75) is 0 Å². The maximum atomic E-state index is 9.45. The standard InChI is InChI=1S/C12H9BO3/c14-13(15)10-6-3-5-9-8-4-1-2-7-11(8)16-12(9)10/h1-7,14-15H/i1D,2D,3D,4D,5D,6D,7D. The van der Waals surface area contributed by atoms with Crippen molar-refractivity contribution < 1.29 is 24.1 Å². The van der Waals surface area contributed by atoms with E-state index in [-0.39, 0.29) is 21.9 Å². The molecule has 0 radical (unpaired) electrons. The molecule has 78 valence electrons. The van der Waals surface area contributed by atoms with Gasteiger partial charge in [-0.2, -0.15) is 0 Å². The molecule has 2 aromatic carbocycles. The zero-order chi connectivity index (χ0) is 17.2. The molecular formula is C12H9BO3. The molecule has 0 saturated carbocycles. The lowest BCUT2D eigenvalue weighted by molar-refractivity contribution is 0.425. The van der Waals surface area contributed by atoms with E-state index >= 15 is 0 Å². The Morgan fingerprint density at radius 3 is 2.56 bits per heavy atom. The molecule has 3 aromatic rings. The van der Waals surface area contributed by atoms with Gasteiger partial charge in [-0.15, -0.1) is 0 Å². The zero-order valence-corrected chi connectivity index (χ0v) is 7.88. The highest BCUT2D eigenvalue weighted by Gasteiger charge is 2.18. The zero-order valence-electron chi connectivity index (χ0n) is 14.9. The van der Waals surface area contributed by atoms with E-state index < -0.39 is 54.9 Å². The highest BCUT2D eigenvalue weighted by Crippen LogP contribution is 2.26. The average molecular weight is 219 g/mol. The van der Waals surface area contributed by atoms with Crippen molar-refractivity contribution in [3.05, 3.63) is 42.3 Å². The number of para-hydroxylation sites is 2. The Morgan fingerprint density at radius 2 is 1.75 bits per heavy atom. The lowest BCUT2D eigenvalue weighted by atomic mass is 9.79. The molecule has 0 aliphatic heterocycles. The van der Waals surface area contributed by atoms with E-state index in [4.69, 9.17) is 14.0 Å². The fraction of sp³-hybridized carbons (Fsp3) is 0. The molecule has 4 heteroatoms. The first-order valence-electron chi connectivity index (χ1n) is 7.96. The van der Waals surface area contributed by atoms with Crippen LogP contribution in [0.2, 0.25) is 0 Å². The van der Waals surface area contributed by atoms with Crippen molar-refractivity contribution in [3.8, 4) is 0 Å². The normalized spacial score (nSPS) is 17.2. The molecule has 0 spiro atoms. The third-order valence-electron chi connectivity index (χ3n) is 2.22. The maximum Gasteiger partial charge on any atom is 0.492 e. The lowest BCUT2D eigenvalue weighted by Crippen LogP contribution is -2.29. The Balaban J connectivity index is 2.72. The van der Waals surface area contributed by atoms with Crippen LogP contribution in [-0.4, -0.2) is 17.2 Å². The van der Waals surface area contributed by atoms with Gasteiger partial charge in [0.25, 0.3) is 0 Å². The molecule has 16 heavy (non-hydrogen) atoms. The Bertz CT molecular complexity index is 983. The van der Waals surface area contributed by atoms with E-state index in [0.29, 0.717) is 0 Å². The van der Waals surface area contributed by atoms with Crippen molar-refractivity contribution in [1.29, 1.82) is 0 Å². The molecule has 2 N–H and O–H groups in total. The predicted octanol–water partition coefficient (Wildman–Crippen LogP) is 1.27. The molecule has 0 aliphatic rings. The van der Waals surface area contributed by atoms with Gasteiger partial charge < -0.3 is 14.5 Å². The SMILES string of the molecule is [2H]c1c([2H])c([2H])c2c(oc3c(B(O)O)c([2H])c([2H])c([2H])c32)c1[2H]. The van der Waals surface area contributed by atoms with E-state index in [9.17, 15) is 10.0 Å². The van der Waals surface area contributed by atoms with Crippen molar-refractivity contribution in [1.82, 2.24) is 0 Å². The third-order valence-corrected chi connectivity index (χ3v) is 2.22. The summed E-state index contributed by atoms with van der Waals surface area (Å²) in [5, 5.41) is 18.6. The molecule has 0 aliphatic carbocycles. The summed E-state index contributed by atoms with van der Waals surface area (Å²) >= 11 is 0. The average Bonchev–Trinajstić information content (AvgIpc) is 2.88. The second-order valence-electron chi connectivity index (χ2n) is 3.17. The van der Waals surface area contributed by atoms with Crippen molar-refractivity contribution >= 4 is 34.5 Å². The molecule has 0 saturated heterocycles. The van der Waals surface area contributed by atoms with Crippen LogP contribution in [0.15, 0.2) is 46.7 Å². The van der Waals surface area contributed by atoms with Crippen molar-refractivity contribution in [3.63, 3.8) is 0 Å². The Kier molecular flexibility index (Phi) is 0.971. The number of hydrogen-bond donors (Lipinski definition) is 2. The number of furan rings is 1. The van der Waals surface area contributed by atoms with Gasteiger partial charge in [-0.05, 0) is 6.04 Å². The van der Waals surface area contributed by atoms with Crippen LogP contribution >= 0.6 is 0 Å². The fourth-order valence-corrected chi connectivity index (χ4v) is 1.53. The molecule has 0 atom stereocenters. The fourth-order valence-electron chi connectivity index (χ4n) is 1.53. The molecular weight excluding hydrogens is 203 g/mol. The van der Waals surface area contributed by atoms with Gasteiger partial charge in [-0.3, -0.25) is 0 Å². The Labute approximate surface area is 102 Å². The first-order chi connectivity index (χ1) is 10.7. The topological polar surface area (TPSA) is 53.6 Å². The van der Waals surface area contributed by atoms with Crippen LogP contribution in [0.25, 0.3) is 21.9 Å². The van der Waals surface area contributed by atoms with E-state index in [1.807, 2.05) is 0 Å². The van der Waals surface area contributed by atoms with Gasteiger partial charge in [0.2, 0.25) is 0 Å². The summed E-state index contributed by atoms with van der Waals surface area (Å²) in [4.78, 5) is 0. The molecule has 3 nitrogen and oxygen atoms in total. The number of hydrogen-bond acceptors (Lipinski definition) is 3. The minimum atomic E-state index is -2.15. The maximum absolute atomic E-state index is 9.45. The van der Waals surface area contributed by atoms with Crippen LogP contribution in [0, 0.1) is 0 Å². The van der Waals surface area contributed by atoms with Crippen molar-refractivity contribution in [2.75, 3.05) is 0 Å². The largest absolute Gasteiger partial charge is 0.492 e. The van der Waals surface area contributed by atoms with Gasteiger partial charge in [-0.1, -0.05) is 36.3 Å². The first kappa shape index (κ1) is 4.61. The number of benzene rings is 2. The summed E-state index contributed by atoms with van der Waals surface area (Å²) in [6, 6.07) is -3.66. The predicted molar refractivity (Wildman–Crippen MR) is 63.5 cm³/mol. The summed E-state index contributed by atoms with van der Waals surface area (Å²) in [6.45, 7) is 0. The third kappa shape index (κ3) is 1.24. The minimum absolute atomic E-state index is 0.119. The smallest absolute Gasteiger partial charge is 0.456 e. The molecule has 1 aromatic heterocycles. The molecule has 0 unspecified atom stereocenters. The van der Waals surface area contributed by atoms with Crippen LogP contribution in [0.5, 0.6) is 0 Å². The molecule has 0 amide bonds. The molecule has 0 fully saturated rings. The van der Waals surface area contributed by atoms with Gasteiger partial charge in [0.15, 0.2) is 0 Å².